The second-order valence-corrected chi connectivity index (χ2v) is 6.51. The van der Waals surface area contributed by atoms with Gasteiger partial charge in [-0.25, -0.2) is 9.79 Å². The van der Waals surface area contributed by atoms with Crippen LogP contribution in [0.3, 0.4) is 0 Å². The van der Waals surface area contributed by atoms with Crippen molar-refractivity contribution in [2.45, 2.75) is 13.3 Å². The summed E-state index contributed by atoms with van der Waals surface area (Å²) in [7, 11) is 1.53. The zero-order valence-electron chi connectivity index (χ0n) is 14.8. The van der Waals surface area contributed by atoms with Gasteiger partial charge in [-0.05, 0) is 42.3 Å². The molecule has 0 radical (unpaired) electrons. The number of hydrogen-bond acceptors (Lipinski definition) is 5. The van der Waals surface area contributed by atoms with Crippen LogP contribution in [0.2, 0.25) is 10.0 Å². The van der Waals surface area contributed by atoms with Crippen LogP contribution in [0.1, 0.15) is 24.5 Å². The molecule has 0 aromatic heterocycles. The van der Waals surface area contributed by atoms with Crippen molar-refractivity contribution in [3.63, 3.8) is 0 Å². The Hall–Kier alpha value is -2.50. The molecular weight excluding hydrogens is 389 g/mol. The fourth-order valence-corrected chi connectivity index (χ4v) is 2.97. The minimum Gasteiger partial charge on any atom is -0.493 e. The van der Waals surface area contributed by atoms with Crippen LogP contribution in [0.15, 0.2) is 47.1 Å². The highest BCUT2D eigenvalue weighted by atomic mass is 35.5. The smallest absolute Gasteiger partial charge is 0.363 e. The highest BCUT2D eigenvalue weighted by Crippen LogP contribution is 2.37. The van der Waals surface area contributed by atoms with Gasteiger partial charge in [0.1, 0.15) is 0 Å². The van der Waals surface area contributed by atoms with Crippen molar-refractivity contribution in [3.05, 3.63) is 63.3 Å². The molecule has 0 bridgehead atoms. The van der Waals surface area contributed by atoms with Crippen LogP contribution in [0.5, 0.6) is 11.5 Å². The number of carbonyl (C=O) groups is 1. The Bertz CT molecular complexity index is 938. The lowest BCUT2D eigenvalue weighted by Crippen LogP contribution is -2.05. The third-order valence-electron chi connectivity index (χ3n) is 3.73. The van der Waals surface area contributed by atoms with E-state index in [4.69, 9.17) is 37.4 Å². The van der Waals surface area contributed by atoms with E-state index in [-0.39, 0.29) is 11.6 Å². The number of rotatable bonds is 6. The predicted molar refractivity (Wildman–Crippen MR) is 106 cm³/mol. The lowest BCUT2D eigenvalue weighted by Gasteiger charge is -2.12. The average Bonchev–Trinajstić information content (AvgIpc) is 3.01. The summed E-state index contributed by atoms with van der Waals surface area (Å²) in [5, 5.41) is 0.837. The molecule has 3 rings (SSSR count). The van der Waals surface area contributed by atoms with E-state index in [0.29, 0.717) is 39.3 Å². The van der Waals surface area contributed by atoms with E-state index < -0.39 is 5.97 Å². The molecule has 0 unspecified atom stereocenters. The van der Waals surface area contributed by atoms with Gasteiger partial charge in [0.05, 0.1) is 29.3 Å². The first kappa shape index (κ1) is 19.3. The first-order valence-electron chi connectivity index (χ1n) is 8.31. The molecule has 140 valence electrons. The highest BCUT2D eigenvalue weighted by molar-refractivity contribution is 6.34. The van der Waals surface area contributed by atoms with Crippen LogP contribution < -0.4 is 9.47 Å². The number of methoxy groups -OCH3 is 1. The van der Waals surface area contributed by atoms with E-state index in [9.17, 15) is 4.79 Å². The quantitative estimate of drug-likeness (QED) is 0.493. The number of esters is 1. The molecule has 1 aliphatic rings. The summed E-state index contributed by atoms with van der Waals surface area (Å²) < 4.78 is 16.2. The van der Waals surface area contributed by atoms with Gasteiger partial charge in [0, 0.05) is 0 Å². The molecule has 0 saturated heterocycles. The van der Waals surface area contributed by atoms with Gasteiger partial charge >= 0.3 is 5.97 Å². The molecule has 0 N–H and O–H groups in total. The molecule has 7 heteroatoms. The maximum Gasteiger partial charge on any atom is 0.363 e. The average molecular weight is 406 g/mol. The van der Waals surface area contributed by atoms with Crippen molar-refractivity contribution in [1.82, 2.24) is 0 Å². The molecule has 0 amide bonds. The Balaban J connectivity index is 1.95. The molecule has 0 saturated carbocycles. The van der Waals surface area contributed by atoms with Crippen molar-refractivity contribution < 1.29 is 19.0 Å². The normalized spacial score (nSPS) is 14.9. The van der Waals surface area contributed by atoms with Crippen LogP contribution in [0, 0.1) is 0 Å². The number of ether oxygens (including phenoxy) is 3. The number of cyclic esters (lactones) is 1. The standard InChI is InChI=1S/C20H17Cl2NO4/c1-3-8-26-18-15(22)9-12(11-17(18)25-2)10-16-20(24)27-19(23-16)13-6-4-5-7-14(13)21/h4-7,9-11H,3,8H2,1-2H3/b16-10+. The molecule has 0 atom stereocenters. The summed E-state index contributed by atoms with van der Waals surface area (Å²) in [6.07, 6.45) is 2.42. The summed E-state index contributed by atoms with van der Waals surface area (Å²) in [5.74, 6) is 0.547. The Labute approximate surface area is 167 Å². The van der Waals surface area contributed by atoms with Crippen molar-refractivity contribution in [3.8, 4) is 11.5 Å². The molecule has 0 spiro atoms. The van der Waals surface area contributed by atoms with Crippen molar-refractivity contribution >= 4 is 41.1 Å². The van der Waals surface area contributed by atoms with Crippen LogP contribution in [0.4, 0.5) is 0 Å². The minimum absolute atomic E-state index is 0.144. The SMILES string of the molecule is CCCOc1c(Cl)cc(/C=C2/N=C(c3ccccc3Cl)OC2=O)cc1OC. The Morgan fingerprint density at radius 2 is 1.96 bits per heavy atom. The lowest BCUT2D eigenvalue weighted by molar-refractivity contribution is -0.129. The maximum atomic E-state index is 12.2. The van der Waals surface area contributed by atoms with E-state index >= 15 is 0 Å². The Kier molecular flexibility index (Phi) is 6.04. The van der Waals surface area contributed by atoms with E-state index in [1.54, 1.807) is 42.5 Å². The Morgan fingerprint density at radius 3 is 2.67 bits per heavy atom. The van der Waals surface area contributed by atoms with Gasteiger partial charge < -0.3 is 14.2 Å². The zero-order valence-corrected chi connectivity index (χ0v) is 16.3. The largest absolute Gasteiger partial charge is 0.493 e. The van der Waals surface area contributed by atoms with Gasteiger partial charge in [-0.2, -0.15) is 0 Å². The summed E-state index contributed by atoms with van der Waals surface area (Å²) in [5.41, 5.74) is 1.33. The van der Waals surface area contributed by atoms with Gasteiger partial charge in [0.15, 0.2) is 17.2 Å². The second-order valence-electron chi connectivity index (χ2n) is 5.70. The van der Waals surface area contributed by atoms with Gasteiger partial charge in [-0.1, -0.05) is 42.3 Å². The fourth-order valence-electron chi connectivity index (χ4n) is 2.48. The molecule has 1 aliphatic heterocycles. The molecule has 2 aromatic rings. The fraction of sp³-hybridized carbons (Fsp3) is 0.200. The van der Waals surface area contributed by atoms with Crippen molar-refractivity contribution in [2.24, 2.45) is 4.99 Å². The topological polar surface area (TPSA) is 57.1 Å². The first-order chi connectivity index (χ1) is 13.0. The highest BCUT2D eigenvalue weighted by Gasteiger charge is 2.25. The molecule has 27 heavy (non-hydrogen) atoms. The minimum atomic E-state index is -0.564. The number of aliphatic imine (C=N–C) groups is 1. The third kappa shape index (κ3) is 4.26. The molecule has 5 nitrogen and oxygen atoms in total. The van der Waals surface area contributed by atoms with E-state index in [2.05, 4.69) is 4.99 Å². The van der Waals surface area contributed by atoms with Crippen molar-refractivity contribution in [1.29, 1.82) is 0 Å². The predicted octanol–water partition coefficient (Wildman–Crippen LogP) is 5.14. The number of nitrogens with zero attached hydrogens (tertiary/aromatic N) is 1. The third-order valence-corrected chi connectivity index (χ3v) is 4.34. The van der Waals surface area contributed by atoms with Crippen LogP contribution >= 0.6 is 23.2 Å². The monoisotopic (exact) mass is 405 g/mol. The Morgan fingerprint density at radius 1 is 1.19 bits per heavy atom. The summed E-state index contributed by atoms with van der Waals surface area (Å²) >= 11 is 12.5. The molecule has 0 fully saturated rings. The van der Waals surface area contributed by atoms with Gasteiger partial charge in [-0.3, -0.25) is 0 Å². The van der Waals surface area contributed by atoms with Crippen LogP contribution in [0.25, 0.3) is 6.08 Å². The van der Waals surface area contributed by atoms with E-state index in [1.165, 1.54) is 7.11 Å². The summed E-state index contributed by atoms with van der Waals surface area (Å²) in [4.78, 5) is 16.4. The summed E-state index contributed by atoms with van der Waals surface area (Å²) in [6.45, 7) is 2.52. The number of hydrogen-bond donors (Lipinski definition) is 0. The zero-order chi connectivity index (χ0) is 19.4. The number of benzene rings is 2. The van der Waals surface area contributed by atoms with Gasteiger partial charge in [0.2, 0.25) is 5.90 Å². The molecule has 2 aromatic carbocycles. The van der Waals surface area contributed by atoms with E-state index in [1.807, 2.05) is 6.92 Å². The summed E-state index contributed by atoms with van der Waals surface area (Å²) in [6, 6.07) is 10.4. The molecular formula is C20H17Cl2NO4. The van der Waals surface area contributed by atoms with Crippen LogP contribution in [-0.2, 0) is 9.53 Å². The second kappa shape index (κ2) is 8.46. The van der Waals surface area contributed by atoms with Crippen LogP contribution in [-0.4, -0.2) is 25.6 Å². The number of carbonyl (C=O) groups excluding carboxylic acids is 1. The lowest BCUT2D eigenvalue weighted by atomic mass is 10.1. The van der Waals surface area contributed by atoms with E-state index in [0.717, 1.165) is 6.42 Å². The van der Waals surface area contributed by atoms with Gasteiger partial charge in [0.25, 0.3) is 0 Å². The molecule has 0 aliphatic carbocycles. The molecule has 1 heterocycles. The first-order valence-corrected chi connectivity index (χ1v) is 9.07. The number of halogens is 2. The van der Waals surface area contributed by atoms with Crippen molar-refractivity contribution in [2.75, 3.05) is 13.7 Å². The maximum absolute atomic E-state index is 12.2. The van der Waals surface area contributed by atoms with Gasteiger partial charge in [-0.15, -0.1) is 0 Å².